The number of rotatable bonds is 4. The highest BCUT2D eigenvalue weighted by Gasteiger charge is 2.33. The number of thiocarbonyl (C=S) groups is 1. The first kappa shape index (κ1) is 15.7. The molecule has 4 nitrogen and oxygen atoms in total. The van der Waals surface area contributed by atoms with E-state index in [1.165, 1.54) is 17.0 Å². The average molecular weight is 325 g/mol. The summed E-state index contributed by atoms with van der Waals surface area (Å²) in [6, 6.07) is 5.88. The number of thioether (sulfide) groups is 1. The van der Waals surface area contributed by atoms with Crippen LogP contribution in [0.4, 0.5) is 4.39 Å². The van der Waals surface area contributed by atoms with Gasteiger partial charge in [0.25, 0.3) is 5.91 Å². The van der Waals surface area contributed by atoms with E-state index < -0.39 is 5.97 Å². The normalized spacial score (nSPS) is 16.7. The molecule has 7 heteroatoms. The van der Waals surface area contributed by atoms with Crippen molar-refractivity contribution in [2.75, 3.05) is 13.2 Å². The number of nitrogens with zero attached hydrogens (tertiary/aromatic N) is 1. The van der Waals surface area contributed by atoms with Crippen molar-refractivity contribution < 1.29 is 18.7 Å². The summed E-state index contributed by atoms with van der Waals surface area (Å²) in [5.41, 5.74) is 0.562. The number of benzene rings is 1. The van der Waals surface area contributed by atoms with E-state index in [4.69, 9.17) is 17.0 Å². The standard InChI is InChI=1S/C14H12FNO3S2/c1-2-19-12(17)8-16-13(18)11(21-14(16)20)7-9-4-3-5-10(15)6-9/h3-7H,2,8H2,1H3. The molecular formula is C14H12FNO3S2. The fourth-order valence-electron chi connectivity index (χ4n) is 1.72. The zero-order valence-electron chi connectivity index (χ0n) is 11.2. The number of carbonyl (C=O) groups is 2. The van der Waals surface area contributed by atoms with Crippen LogP contribution in [0.25, 0.3) is 6.08 Å². The zero-order chi connectivity index (χ0) is 15.4. The van der Waals surface area contributed by atoms with Gasteiger partial charge in [-0.1, -0.05) is 36.1 Å². The lowest BCUT2D eigenvalue weighted by Gasteiger charge is -2.12. The Morgan fingerprint density at radius 2 is 2.29 bits per heavy atom. The van der Waals surface area contributed by atoms with Crippen LogP contribution in [0.3, 0.4) is 0 Å². The van der Waals surface area contributed by atoms with E-state index >= 15 is 0 Å². The predicted octanol–water partition coefficient (Wildman–Crippen LogP) is 2.59. The number of carbonyl (C=O) groups excluding carboxylic acids is 2. The summed E-state index contributed by atoms with van der Waals surface area (Å²) < 4.78 is 18.2. The molecule has 1 amide bonds. The highest BCUT2D eigenvalue weighted by molar-refractivity contribution is 8.26. The summed E-state index contributed by atoms with van der Waals surface area (Å²) in [6.45, 7) is 1.72. The highest BCUT2D eigenvalue weighted by atomic mass is 32.2. The van der Waals surface area contributed by atoms with Crippen molar-refractivity contribution in [3.8, 4) is 0 Å². The number of ether oxygens (including phenoxy) is 1. The molecule has 1 aliphatic rings. The molecule has 1 aliphatic heterocycles. The Labute approximate surface area is 130 Å². The number of hydrogen-bond donors (Lipinski definition) is 0. The van der Waals surface area contributed by atoms with Crippen molar-refractivity contribution in [2.24, 2.45) is 0 Å². The number of esters is 1. The van der Waals surface area contributed by atoms with Crippen LogP contribution in [-0.2, 0) is 14.3 Å². The van der Waals surface area contributed by atoms with Crippen molar-refractivity contribution in [1.82, 2.24) is 4.90 Å². The van der Waals surface area contributed by atoms with Crippen LogP contribution in [-0.4, -0.2) is 34.2 Å². The van der Waals surface area contributed by atoms with Gasteiger partial charge in [-0.2, -0.15) is 0 Å². The summed E-state index contributed by atoms with van der Waals surface area (Å²) in [4.78, 5) is 25.2. The van der Waals surface area contributed by atoms with Gasteiger partial charge in [0.2, 0.25) is 0 Å². The smallest absolute Gasteiger partial charge is 0.326 e. The Balaban J connectivity index is 2.16. The fraction of sp³-hybridized carbons (Fsp3) is 0.214. The second-order valence-corrected chi connectivity index (χ2v) is 5.80. The monoisotopic (exact) mass is 325 g/mol. The molecule has 2 rings (SSSR count). The molecule has 0 aromatic heterocycles. The maximum absolute atomic E-state index is 13.1. The number of hydrogen-bond acceptors (Lipinski definition) is 5. The van der Waals surface area contributed by atoms with Crippen molar-refractivity contribution in [1.29, 1.82) is 0 Å². The van der Waals surface area contributed by atoms with Crippen LogP contribution >= 0.6 is 24.0 Å². The molecule has 0 saturated carbocycles. The largest absolute Gasteiger partial charge is 0.465 e. The van der Waals surface area contributed by atoms with Gasteiger partial charge in [-0.25, -0.2) is 4.39 Å². The molecule has 0 unspecified atom stereocenters. The molecule has 0 atom stereocenters. The summed E-state index contributed by atoms with van der Waals surface area (Å²) in [6.07, 6.45) is 1.55. The SMILES string of the molecule is CCOC(=O)CN1C(=O)C(=Cc2cccc(F)c2)SC1=S. The third-order valence-corrected chi connectivity index (χ3v) is 3.99. The van der Waals surface area contributed by atoms with Crippen LogP contribution in [0.2, 0.25) is 0 Å². The minimum atomic E-state index is -0.513. The van der Waals surface area contributed by atoms with E-state index in [0.717, 1.165) is 11.8 Å². The van der Waals surface area contributed by atoms with E-state index in [1.807, 2.05) is 0 Å². The minimum Gasteiger partial charge on any atom is -0.465 e. The van der Waals surface area contributed by atoms with Gasteiger partial charge in [0.05, 0.1) is 11.5 Å². The van der Waals surface area contributed by atoms with Crippen molar-refractivity contribution in [3.05, 3.63) is 40.6 Å². The van der Waals surface area contributed by atoms with Crippen LogP contribution < -0.4 is 0 Å². The third kappa shape index (κ3) is 3.89. The molecule has 0 spiro atoms. The summed E-state index contributed by atoms with van der Waals surface area (Å²) in [5, 5.41) is 0. The van der Waals surface area contributed by atoms with Gasteiger partial charge >= 0.3 is 5.97 Å². The number of halogens is 1. The molecular weight excluding hydrogens is 313 g/mol. The Morgan fingerprint density at radius 1 is 1.52 bits per heavy atom. The molecule has 1 saturated heterocycles. The molecule has 0 radical (unpaired) electrons. The topological polar surface area (TPSA) is 46.6 Å². The molecule has 1 aromatic rings. The average Bonchev–Trinajstić information content (AvgIpc) is 2.67. The summed E-state index contributed by atoms with van der Waals surface area (Å²) in [5.74, 6) is -1.27. The maximum Gasteiger partial charge on any atom is 0.326 e. The first-order valence-corrected chi connectivity index (χ1v) is 7.40. The number of amides is 1. The molecule has 1 fully saturated rings. The first-order chi connectivity index (χ1) is 10.0. The molecule has 0 bridgehead atoms. The van der Waals surface area contributed by atoms with E-state index in [0.29, 0.717) is 10.5 Å². The molecule has 110 valence electrons. The lowest BCUT2D eigenvalue weighted by Crippen LogP contribution is -2.34. The fourth-order valence-corrected chi connectivity index (χ4v) is 2.97. The van der Waals surface area contributed by atoms with E-state index in [9.17, 15) is 14.0 Å². The summed E-state index contributed by atoms with van der Waals surface area (Å²) >= 11 is 6.17. The summed E-state index contributed by atoms with van der Waals surface area (Å²) in [7, 11) is 0. The van der Waals surface area contributed by atoms with Gasteiger partial charge in [-0.15, -0.1) is 0 Å². The van der Waals surface area contributed by atoms with Gasteiger partial charge in [0.1, 0.15) is 16.7 Å². The molecule has 21 heavy (non-hydrogen) atoms. The van der Waals surface area contributed by atoms with Crippen LogP contribution in [0, 0.1) is 5.82 Å². The maximum atomic E-state index is 13.1. The third-order valence-electron chi connectivity index (χ3n) is 2.61. The molecule has 1 aromatic carbocycles. The van der Waals surface area contributed by atoms with Crippen molar-refractivity contribution in [3.63, 3.8) is 0 Å². The van der Waals surface area contributed by atoms with Gasteiger partial charge < -0.3 is 4.74 Å². The Bertz CT molecular complexity index is 630. The second kappa shape index (κ2) is 6.82. The Morgan fingerprint density at radius 3 is 2.95 bits per heavy atom. The van der Waals surface area contributed by atoms with Crippen LogP contribution in [0.5, 0.6) is 0 Å². The van der Waals surface area contributed by atoms with Gasteiger partial charge in [-0.3, -0.25) is 14.5 Å². The van der Waals surface area contributed by atoms with Crippen LogP contribution in [0.15, 0.2) is 29.2 Å². The second-order valence-electron chi connectivity index (χ2n) is 4.13. The lowest BCUT2D eigenvalue weighted by atomic mass is 10.2. The van der Waals surface area contributed by atoms with Gasteiger partial charge in [-0.05, 0) is 30.7 Å². The molecule has 1 heterocycles. The van der Waals surface area contributed by atoms with E-state index in [-0.39, 0.29) is 29.2 Å². The molecule has 0 N–H and O–H groups in total. The highest BCUT2D eigenvalue weighted by Crippen LogP contribution is 2.32. The van der Waals surface area contributed by atoms with Gasteiger partial charge in [0.15, 0.2) is 0 Å². The van der Waals surface area contributed by atoms with Gasteiger partial charge in [0, 0.05) is 0 Å². The zero-order valence-corrected chi connectivity index (χ0v) is 12.8. The van der Waals surface area contributed by atoms with Crippen molar-refractivity contribution >= 4 is 46.3 Å². The first-order valence-electron chi connectivity index (χ1n) is 6.18. The Kier molecular flexibility index (Phi) is 5.08. The lowest BCUT2D eigenvalue weighted by molar-refractivity contribution is -0.145. The van der Waals surface area contributed by atoms with Crippen molar-refractivity contribution in [2.45, 2.75) is 6.92 Å². The quantitative estimate of drug-likeness (QED) is 0.484. The molecule has 0 aliphatic carbocycles. The van der Waals surface area contributed by atoms with E-state index in [2.05, 4.69) is 0 Å². The Hall–Kier alpha value is -1.73. The van der Waals surface area contributed by atoms with Crippen LogP contribution in [0.1, 0.15) is 12.5 Å². The van der Waals surface area contributed by atoms with E-state index in [1.54, 1.807) is 25.1 Å². The minimum absolute atomic E-state index is 0.209. The predicted molar refractivity (Wildman–Crippen MR) is 82.9 cm³/mol.